The zero-order chi connectivity index (χ0) is 20.2. The number of hydrogen-bond acceptors (Lipinski definition) is 4. The second-order valence-electron chi connectivity index (χ2n) is 7.31. The number of H-pyrrole nitrogens is 1. The van der Waals surface area contributed by atoms with E-state index in [1.54, 1.807) is 18.6 Å². The molecule has 6 heteroatoms. The van der Waals surface area contributed by atoms with Gasteiger partial charge in [0.05, 0.1) is 17.6 Å². The van der Waals surface area contributed by atoms with Gasteiger partial charge in [-0.25, -0.2) is 4.39 Å². The Morgan fingerprint density at radius 3 is 2.37 bits per heavy atom. The lowest BCUT2D eigenvalue weighted by molar-refractivity contribution is 0.625. The van der Waals surface area contributed by atoms with E-state index in [4.69, 9.17) is 4.98 Å². The molecule has 0 unspecified atom stereocenters. The maximum Gasteiger partial charge on any atom is 0.123 e. The number of pyridine rings is 1. The van der Waals surface area contributed by atoms with Gasteiger partial charge in [0.2, 0.25) is 0 Å². The smallest absolute Gasteiger partial charge is 0.123 e. The Balaban J connectivity index is 0.00000256. The molecule has 154 valence electrons. The molecule has 3 aromatic heterocycles. The van der Waals surface area contributed by atoms with Crippen LogP contribution >= 0.6 is 0 Å². The van der Waals surface area contributed by atoms with Gasteiger partial charge in [0.1, 0.15) is 5.82 Å². The van der Waals surface area contributed by atoms with E-state index in [9.17, 15) is 4.39 Å². The zero-order valence-corrected chi connectivity index (χ0v) is 16.4. The fourth-order valence-corrected chi connectivity index (χ4v) is 3.34. The maximum absolute atomic E-state index is 13.2. The minimum absolute atomic E-state index is 0. The Kier molecular flexibility index (Phi) is 6.67. The molecule has 1 atom stereocenters. The largest absolute Gasteiger partial charge is 0.285 e. The summed E-state index contributed by atoms with van der Waals surface area (Å²) in [5, 5.41) is 6.93. The Morgan fingerprint density at radius 1 is 0.933 bits per heavy atom. The summed E-state index contributed by atoms with van der Waals surface area (Å²) >= 11 is 0. The topological polar surface area (TPSA) is 67.3 Å². The van der Waals surface area contributed by atoms with E-state index < -0.39 is 0 Å². The average Bonchev–Trinajstić information content (AvgIpc) is 3.25. The van der Waals surface area contributed by atoms with Gasteiger partial charge in [-0.1, -0.05) is 26.5 Å². The molecule has 0 saturated carbocycles. The van der Waals surface area contributed by atoms with Crippen molar-refractivity contribution in [1.82, 2.24) is 25.1 Å². The van der Waals surface area contributed by atoms with Gasteiger partial charge in [0.25, 0.3) is 0 Å². The van der Waals surface area contributed by atoms with E-state index >= 15 is 0 Å². The van der Waals surface area contributed by atoms with E-state index in [2.05, 4.69) is 39.2 Å². The van der Waals surface area contributed by atoms with Gasteiger partial charge in [-0.3, -0.25) is 20.1 Å². The molecule has 0 fully saturated rings. The van der Waals surface area contributed by atoms with Crippen LogP contribution < -0.4 is 0 Å². The molecule has 0 aliphatic heterocycles. The SMILES string of the molecule is C.Cc1cnc(Cc2cc(-c3cn[nH]c3)cc(C[C@@H](C)c3ccc(F)cc3)n2)cn1. The zero-order valence-electron chi connectivity index (χ0n) is 16.4. The molecule has 1 aromatic carbocycles. The van der Waals surface area contributed by atoms with Crippen LogP contribution in [0.25, 0.3) is 11.1 Å². The highest BCUT2D eigenvalue weighted by Gasteiger charge is 2.12. The lowest BCUT2D eigenvalue weighted by Gasteiger charge is -2.14. The summed E-state index contributed by atoms with van der Waals surface area (Å²) in [6.07, 6.45) is 8.60. The molecular formula is C24H26FN5. The molecule has 0 bridgehead atoms. The van der Waals surface area contributed by atoms with Crippen molar-refractivity contribution in [2.75, 3.05) is 0 Å². The second-order valence-corrected chi connectivity index (χ2v) is 7.31. The van der Waals surface area contributed by atoms with Crippen LogP contribution in [0.15, 0.2) is 61.2 Å². The van der Waals surface area contributed by atoms with Crippen LogP contribution in [0.4, 0.5) is 4.39 Å². The van der Waals surface area contributed by atoms with Gasteiger partial charge in [0, 0.05) is 42.0 Å². The molecule has 0 amide bonds. The first-order valence-corrected chi connectivity index (χ1v) is 9.59. The summed E-state index contributed by atoms with van der Waals surface area (Å²) in [5.41, 5.74) is 6.85. The summed E-state index contributed by atoms with van der Waals surface area (Å²) in [6, 6.07) is 10.8. The third-order valence-corrected chi connectivity index (χ3v) is 4.91. The Bertz CT molecular complexity index is 1070. The Labute approximate surface area is 176 Å². The molecule has 4 aromatic rings. The first-order chi connectivity index (χ1) is 14.1. The standard InChI is InChI=1S/C23H22FN5.CH4/c1-15(17-3-5-20(24)6-4-17)7-21-8-18(19-12-27-28-13-19)9-22(29-21)10-23-14-25-16(2)11-26-23;/h3-6,8-9,11-15H,7,10H2,1-2H3,(H,27,28);1H4/t15-;/m1./s1. The average molecular weight is 404 g/mol. The molecule has 0 aliphatic rings. The van der Waals surface area contributed by atoms with Crippen LogP contribution in [-0.2, 0) is 12.8 Å². The van der Waals surface area contributed by atoms with E-state index in [-0.39, 0.29) is 19.2 Å². The fraction of sp³-hybridized carbons (Fsp3) is 0.250. The number of halogens is 1. The minimum atomic E-state index is -0.220. The van der Waals surface area contributed by atoms with Crippen LogP contribution in [0, 0.1) is 12.7 Å². The summed E-state index contributed by atoms with van der Waals surface area (Å²) in [6.45, 7) is 4.05. The van der Waals surface area contributed by atoms with Crippen molar-refractivity contribution in [3.8, 4) is 11.1 Å². The van der Waals surface area contributed by atoms with Gasteiger partial charge in [0.15, 0.2) is 0 Å². The number of aryl methyl sites for hydroxylation is 1. The van der Waals surface area contributed by atoms with E-state index in [1.165, 1.54) is 12.1 Å². The molecule has 30 heavy (non-hydrogen) atoms. The number of nitrogens with one attached hydrogen (secondary N) is 1. The molecule has 0 saturated heterocycles. The summed E-state index contributed by atoms with van der Waals surface area (Å²) in [4.78, 5) is 13.7. The number of rotatable bonds is 6. The van der Waals surface area contributed by atoms with Crippen molar-refractivity contribution in [3.63, 3.8) is 0 Å². The first-order valence-electron chi connectivity index (χ1n) is 9.59. The predicted octanol–water partition coefficient (Wildman–Crippen LogP) is 5.28. The highest BCUT2D eigenvalue weighted by molar-refractivity contribution is 5.62. The first kappa shape index (κ1) is 21.3. The third-order valence-electron chi connectivity index (χ3n) is 4.91. The van der Waals surface area contributed by atoms with Crippen LogP contribution in [0.1, 0.15) is 48.6 Å². The molecule has 5 nitrogen and oxygen atoms in total. The van der Waals surface area contributed by atoms with Crippen molar-refractivity contribution < 1.29 is 4.39 Å². The van der Waals surface area contributed by atoms with Gasteiger partial charge in [-0.05, 0) is 54.7 Å². The molecule has 0 radical (unpaired) electrons. The third kappa shape index (κ3) is 5.14. The summed E-state index contributed by atoms with van der Waals surface area (Å²) in [5.74, 6) is -0.00256. The second kappa shape index (κ2) is 9.39. The highest BCUT2D eigenvalue weighted by Crippen LogP contribution is 2.25. The quantitative estimate of drug-likeness (QED) is 0.475. The maximum atomic E-state index is 13.2. The van der Waals surface area contributed by atoms with Crippen LogP contribution in [0.3, 0.4) is 0 Å². The van der Waals surface area contributed by atoms with Crippen LogP contribution in [0.2, 0.25) is 0 Å². The monoisotopic (exact) mass is 403 g/mol. The van der Waals surface area contributed by atoms with Crippen molar-refractivity contribution in [2.45, 2.75) is 40.0 Å². The molecular weight excluding hydrogens is 377 g/mol. The van der Waals surface area contributed by atoms with Crippen molar-refractivity contribution in [1.29, 1.82) is 0 Å². The normalized spacial score (nSPS) is 11.7. The van der Waals surface area contributed by atoms with Gasteiger partial charge in [-0.15, -0.1) is 0 Å². The van der Waals surface area contributed by atoms with Gasteiger partial charge >= 0.3 is 0 Å². The van der Waals surface area contributed by atoms with Gasteiger partial charge in [-0.2, -0.15) is 5.10 Å². The molecule has 1 N–H and O–H groups in total. The summed E-state index contributed by atoms with van der Waals surface area (Å²) < 4.78 is 13.2. The van der Waals surface area contributed by atoms with Gasteiger partial charge < -0.3 is 0 Å². The molecule has 3 heterocycles. The van der Waals surface area contributed by atoms with Crippen molar-refractivity contribution >= 4 is 0 Å². The lowest BCUT2D eigenvalue weighted by Crippen LogP contribution is -2.04. The van der Waals surface area contributed by atoms with E-state index in [0.717, 1.165) is 45.9 Å². The highest BCUT2D eigenvalue weighted by atomic mass is 19.1. The predicted molar refractivity (Wildman–Crippen MR) is 117 cm³/mol. The van der Waals surface area contributed by atoms with Crippen molar-refractivity contribution in [2.24, 2.45) is 0 Å². The number of benzene rings is 1. The Hall–Kier alpha value is -3.41. The van der Waals surface area contributed by atoms with Crippen LogP contribution in [-0.4, -0.2) is 25.1 Å². The molecule has 0 aliphatic carbocycles. The van der Waals surface area contributed by atoms with E-state index in [1.807, 2.05) is 25.3 Å². The summed E-state index contributed by atoms with van der Waals surface area (Å²) in [7, 11) is 0. The van der Waals surface area contributed by atoms with Crippen molar-refractivity contribution in [3.05, 3.63) is 95.3 Å². The number of aromatic amines is 1. The number of aromatic nitrogens is 5. The number of hydrogen-bond donors (Lipinski definition) is 1. The molecule has 4 rings (SSSR count). The Morgan fingerprint density at radius 2 is 1.70 bits per heavy atom. The van der Waals surface area contributed by atoms with Crippen LogP contribution in [0.5, 0.6) is 0 Å². The fourth-order valence-electron chi connectivity index (χ4n) is 3.34. The van der Waals surface area contributed by atoms with E-state index in [0.29, 0.717) is 6.42 Å². The minimum Gasteiger partial charge on any atom is -0.285 e. The molecule has 0 spiro atoms. The number of nitrogens with zero attached hydrogens (tertiary/aromatic N) is 4. The lowest BCUT2D eigenvalue weighted by atomic mass is 9.94.